The highest BCUT2D eigenvalue weighted by Gasteiger charge is 2.60. The molecule has 282 valence electrons. The van der Waals surface area contributed by atoms with Gasteiger partial charge in [-0.3, -0.25) is 0 Å². The van der Waals surface area contributed by atoms with Gasteiger partial charge in [-0.2, -0.15) is 4.89 Å². The van der Waals surface area contributed by atoms with Gasteiger partial charge in [-0.15, -0.1) is 0 Å². The van der Waals surface area contributed by atoms with Gasteiger partial charge in [-0.1, -0.05) is 0 Å². The molecule has 19 nitrogen and oxygen atoms in total. The van der Waals surface area contributed by atoms with Crippen LogP contribution in [0.15, 0.2) is 12.3 Å². The van der Waals surface area contributed by atoms with Gasteiger partial charge in [-0.25, -0.2) is 4.89 Å². The number of fused-ring (bicyclic) bond motifs is 2. The van der Waals surface area contributed by atoms with Gasteiger partial charge in [0.25, 0.3) is 0 Å². The molecule has 4 heterocycles. The molecule has 11 N–H and O–H groups in total. The second kappa shape index (κ2) is 14.3. The summed E-state index contributed by atoms with van der Waals surface area (Å²) in [6, 6.07) is 0. The molecule has 3 saturated heterocycles. The summed E-state index contributed by atoms with van der Waals surface area (Å²) < 4.78 is 34.7. The van der Waals surface area contributed by atoms with E-state index in [2.05, 4.69) is 0 Å². The zero-order valence-corrected chi connectivity index (χ0v) is 26.8. The summed E-state index contributed by atoms with van der Waals surface area (Å²) in [5, 5.41) is 116. The molecule has 21 atom stereocenters. The van der Waals surface area contributed by atoms with Crippen LogP contribution in [-0.2, 0) is 38.2 Å². The van der Waals surface area contributed by atoms with Crippen LogP contribution in [-0.4, -0.2) is 173 Å². The van der Waals surface area contributed by atoms with E-state index in [0.29, 0.717) is 0 Å². The fourth-order valence-electron chi connectivity index (χ4n) is 8.23. The van der Waals surface area contributed by atoms with Crippen LogP contribution in [0.25, 0.3) is 0 Å². The van der Waals surface area contributed by atoms with E-state index in [-0.39, 0.29) is 19.3 Å². The van der Waals surface area contributed by atoms with Crippen LogP contribution in [0, 0.1) is 23.7 Å². The standard InChI is InChI=1S/C30H48O19/c1-29(40)6-12(33)10-3-4-42-25(17(10)29)49-48-24-22(38)20(36)15(9-32)44-28(24)46-16-5-11-13(34)7-30(2,41)18(11)26(45-16)47-27-23(39)21(37)19(35)14(8-31)43-27/h3-4,10-28,31-41H,5-9H2,1-2H3/t10-,11-,12+,13+,14+,15+,16+,17+,18+,19+,20+,21-,22-,23+,24+,25-,26-,27-,28-,29-,30-/m0/s1. The predicted molar refractivity (Wildman–Crippen MR) is 153 cm³/mol. The second-order valence-corrected chi connectivity index (χ2v) is 14.4. The third-order valence-electron chi connectivity index (χ3n) is 10.8. The Morgan fingerprint density at radius 1 is 0.653 bits per heavy atom. The first kappa shape index (κ1) is 37.6. The lowest BCUT2D eigenvalue weighted by molar-refractivity contribution is -0.467. The third kappa shape index (κ3) is 7.01. The van der Waals surface area contributed by atoms with Crippen molar-refractivity contribution in [2.45, 2.75) is 137 Å². The Morgan fingerprint density at radius 3 is 1.94 bits per heavy atom. The third-order valence-corrected chi connectivity index (χ3v) is 10.8. The quantitative estimate of drug-likeness (QED) is 0.0788. The fraction of sp³-hybridized carbons (Fsp3) is 0.933. The summed E-state index contributed by atoms with van der Waals surface area (Å²) >= 11 is 0. The molecule has 5 fully saturated rings. The largest absolute Gasteiger partial charge is 0.470 e. The lowest BCUT2D eigenvalue weighted by Crippen LogP contribution is -2.62. The molecule has 4 aliphatic heterocycles. The minimum absolute atomic E-state index is 0.0277. The Balaban J connectivity index is 1.21. The SMILES string of the molecule is C[C@]1(O)C[C@@H](O)[C@@H]2C=CO[C@@H](OO[C@H]3[C@H](O[C@@H]4C[C@@H]5[C@H]([C@H](O[C@@H]6O[C@H](CO)[C@@H](O)[C@H](O)[C@H]6O)O4)[C@@](C)(O)C[C@H]5O)O[C@H](CO)[C@@H](O)[C@@H]3O)[C@@H]21. The van der Waals surface area contributed by atoms with E-state index in [1.54, 1.807) is 6.08 Å². The smallest absolute Gasteiger partial charge is 0.236 e. The van der Waals surface area contributed by atoms with Crippen molar-refractivity contribution < 1.29 is 94.4 Å². The molecule has 0 aromatic rings. The Kier molecular flexibility index (Phi) is 11.0. The molecule has 6 rings (SSSR count). The maximum Gasteiger partial charge on any atom is 0.236 e. The monoisotopic (exact) mass is 712 g/mol. The molecule has 6 aliphatic rings. The molecule has 2 saturated carbocycles. The molecule has 2 aliphatic carbocycles. The summed E-state index contributed by atoms with van der Waals surface area (Å²) in [7, 11) is 0. The van der Waals surface area contributed by atoms with Crippen molar-refractivity contribution >= 4 is 0 Å². The molecule has 0 bridgehead atoms. The summed E-state index contributed by atoms with van der Waals surface area (Å²) in [6.45, 7) is 1.49. The Bertz CT molecular complexity index is 1150. The molecular weight excluding hydrogens is 664 g/mol. The van der Waals surface area contributed by atoms with E-state index in [4.69, 9.17) is 38.2 Å². The molecule has 0 amide bonds. The van der Waals surface area contributed by atoms with Crippen molar-refractivity contribution in [1.29, 1.82) is 0 Å². The van der Waals surface area contributed by atoms with Gasteiger partial charge in [0, 0.05) is 37.0 Å². The van der Waals surface area contributed by atoms with Gasteiger partial charge in [0.1, 0.15) is 42.7 Å². The van der Waals surface area contributed by atoms with Crippen molar-refractivity contribution in [3.05, 3.63) is 12.3 Å². The van der Waals surface area contributed by atoms with E-state index in [1.165, 1.54) is 20.1 Å². The summed E-state index contributed by atoms with van der Waals surface area (Å²) in [6.07, 6.45) is -19.7. The minimum Gasteiger partial charge on any atom is -0.470 e. The van der Waals surface area contributed by atoms with Crippen molar-refractivity contribution in [2.24, 2.45) is 23.7 Å². The molecule has 49 heavy (non-hydrogen) atoms. The molecule has 0 radical (unpaired) electrons. The van der Waals surface area contributed by atoms with Crippen molar-refractivity contribution in [3.8, 4) is 0 Å². The van der Waals surface area contributed by atoms with Gasteiger partial charge in [0.05, 0.1) is 48.8 Å². The second-order valence-electron chi connectivity index (χ2n) is 14.4. The Morgan fingerprint density at radius 2 is 1.27 bits per heavy atom. The highest BCUT2D eigenvalue weighted by atomic mass is 17.2. The topological polar surface area (TPSA) is 296 Å². The average Bonchev–Trinajstić information content (AvgIpc) is 3.44. The minimum atomic E-state index is -1.81. The number of ether oxygens (including phenoxy) is 6. The first-order valence-corrected chi connectivity index (χ1v) is 16.4. The normalized spacial score (nSPS) is 55.9. The Hall–Kier alpha value is -1.18. The number of aliphatic hydroxyl groups is 11. The van der Waals surface area contributed by atoms with Crippen LogP contribution in [0.1, 0.15) is 33.1 Å². The number of rotatable bonds is 9. The average molecular weight is 713 g/mol. The van der Waals surface area contributed by atoms with Crippen LogP contribution in [0.4, 0.5) is 0 Å². The molecule has 0 aromatic heterocycles. The van der Waals surface area contributed by atoms with E-state index >= 15 is 0 Å². The van der Waals surface area contributed by atoms with Crippen LogP contribution in [0.3, 0.4) is 0 Å². The highest BCUT2D eigenvalue weighted by molar-refractivity contribution is 5.10. The number of hydrogen-bond donors (Lipinski definition) is 11. The lowest BCUT2D eigenvalue weighted by atomic mass is 9.82. The van der Waals surface area contributed by atoms with Crippen molar-refractivity contribution in [2.75, 3.05) is 13.2 Å². The molecule has 0 aromatic carbocycles. The first-order valence-electron chi connectivity index (χ1n) is 16.4. The van der Waals surface area contributed by atoms with Gasteiger partial charge >= 0.3 is 0 Å². The van der Waals surface area contributed by atoms with Crippen LogP contribution in [0.5, 0.6) is 0 Å². The van der Waals surface area contributed by atoms with Crippen LogP contribution < -0.4 is 0 Å². The maximum absolute atomic E-state index is 11.2. The van der Waals surface area contributed by atoms with E-state index in [0.717, 1.165) is 0 Å². The zero-order chi connectivity index (χ0) is 35.6. The van der Waals surface area contributed by atoms with E-state index < -0.39 is 141 Å². The lowest BCUT2D eigenvalue weighted by Gasteiger charge is -2.47. The summed E-state index contributed by atoms with van der Waals surface area (Å²) in [5.74, 6) is -3.02. The van der Waals surface area contributed by atoms with Gasteiger partial charge in [-0.05, 0) is 19.9 Å². The molecule has 19 heteroatoms. The summed E-state index contributed by atoms with van der Waals surface area (Å²) in [4.78, 5) is 11.1. The van der Waals surface area contributed by atoms with Gasteiger partial charge in [0.15, 0.2) is 31.3 Å². The van der Waals surface area contributed by atoms with Crippen LogP contribution in [0.2, 0.25) is 0 Å². The molecular formula is C30H48O19. The highest BCUT2D eigenvalue weighted by Crippen LogP contribution is 2.50. The Labute approximate surface area is 280 Å². The maximum atomic E-state index is 11.2. The van der Waals surface area contributed by atoms with E-state index in [1.807, 2.05) is 0 Å². The van der Waals surface area contributed by atoms with Crippen molar-refractivity contribution in [1.82, 2.24) is 0 Å². The van der Waals surface area contributed by atoms with Gasteiger partial charge in [0.2, 0.25) is 6.29 Å². The molecule has 0 spiro atoms. The fourth-order valence-corrected chi connectivity index (χ4v) is 8.23. The number of aliphatic hydroxyl groups excluding tert-OH is 9. The van der Waals surface area contributed by atoms with Crippen molar-refractivity contribution in [3.63, 3.8) is 0 Å². The van der Waals surface area contributed by atoms with E-state index in [9.17, 15) is 56.2 Å². The predicted octanol–water partition coefficient (Wildman–Crippen LogP) is -4.99. The summed E-state index contributed by atoms with van der Waals surface area (Å²) in [5.41, 5.74) is -2.98. The molecule has 0 unspecified atom stereocenters. The first-order chi connectivity index (χ1) is 23.1. The number of hydrogen-bond acceptors (Lipinski definition) is 19. The van der Waals surface area contributed by atoms with Gasteiger partial charge < -0.3 is 84.6 Å². The van der Waals surface area contributed by atoms with Crippen LogP contribution >= 0.6 is 0 Å². The zero-order valence-electron chi connectivity index (χ0n) is 26.8.